The average molecular weight is 1010 g/mol. The first-order valence-corrected chi connectivity index (χ1v) is 24.3. The second kappa shape index (κ2) is 18.8. The second-order valence-electron chi connectivity index (χ2n) is 18.5. The Morgan fingerprint density at radius 2 is 0.718 bits per heavy atom. The van der Waals surface area contributed by atoms with Gasteiger partial charge in [0.25, 0.3) is 0 Å². The number of rotatable bonds is 7. The highest BCUT2D eigenvalue weighted by molar-refractivity contribution is 6.14. The zero-order valence-electron chi connectivity index (χ0n) is 40.8. The summed E-state index contributed by atoms with van der Waals surface area (Å²) < 4.78 is 46.9. The van der Waals surface area contributed by atoms with E-state index in [0.717, 1.165) is 55.9 Å². The van der Waals surface area contributed by atoms with Crippen LogP contribution in [0, 0.1) is 53.7 Å². The summed E-state index contributed by atoms with van der Waals surface area (Å²) in [6.45, 7) is 24.2. The van der Waals surface area contributed by atoms with Crippen molar-refractivity contribution < 1.29 is 13.2 Å². The molecule has 12 rings (SSSR count). The first kappa shape index (κ1) is 47.5. The smallest absolute Gasteiger partial charge is 0.308 e. The molecule has 0 saturated carbocycles. The van der Waals surface area contributed by atoms with Gasteiger partial charge < -0.3 is 9.13 Å². The van der Waals surface area contributed by atoms with Crippen molar-refractivity contribution in [3.8, 4) is 85.2 Å². The molecule has 0 aliphatic rings. The third-order valence-electron chi connectivity index (χ3n) is 14.4. The summed E-state index contributed by atoms with van der Waals surface area (Å²) in [5.74, 6) is 0. The van der Waals surface area contributed by atoms with Gasteiger partial charge >= 0.3 is 6.18 Å². The van der Waals surface area contributed by atoms with Crippen LogP contribution in [0.15, 0.2) is 200 Å². The Morgan fingerprint density at radius 1 is 0.359 bits per heavy atom. The van der Waals surface area contributed by atoms with E-state index in [9.17, 15) is 29.0 Å². The number of halogens is 3. The van der Waals surface area contributed by atoms with E-state index < -0.39 is 11.7 Å². The molecule has 10 aromatic carbocycles. The fourth-order valence-corrected chi connectivity index (χ4v) is 10.8. The molecule has 0 saturated heterocycles. The number of benzene rings is 10. The summed E-state index contributed by atoms with van der Waals surface area (Å²) in [6.07, 6.45) is -4.73. The maximum atomic E-state index is 14.3. The quantitative estimate of drug-likeness (QED) is 0.149. The van der Waals surface area contributed by atoms with Crippen molar-refractivity contribution in [2.75, 3.05) is 0 Å². The molecule has 0 fully saturated rings. The topological polar surface area (TPSA) is 94.3 Å². The van der Waals surface area contributed by atoms with Gasteiger partial charge in [0, 0.05) is 27.1 Å². The highest BCUT2D eigenvalue weighted by Gasteiger charge is 2.32. The largest absolute Gasteiger partial charge is 0.415 e. The molecule has 0 atom stereocenters. The Morgan fingerprint density at radius 3 is 1.09 bits per heavy atom. The molecule has 12 aromatic rings. The van der Waals surface area contributed by atoms with Crippen LogP contribution < -0.4 is 0 Å². The molecule has 2 aromatic heterocycles. The molecular formula is C67H33F3N8. The highest BCUT2D eigenvalue weighted by Crippen LogP contribution is 2.46. The van der Waals surface area contributed by atoms with Crippen molar-refractivity contribution in [2.45, 2.75) is 6.18 Å². The second-order valence-corrected chi connectivity index (χ2v) is 18.5. The van der Waals surface area contributed by atoms with E-state index in [1.165, 1.54) is 6.07 Å². The van der Waals surface area contributed by atoms with Gasteiger partial charge in [0.05, 0.1) is 76.4 Å². The molecular weight excluding hydrogens is 974 g/mol. The van der Waals surface area contributed by atoms with Crippen LogP contribution in [0.25, 0.3) is 125 Å². The van der Waals surface area contributed by atoms with Gasteiger partial charge in [-0.05, 0) is 134 Å². The molecule has 78 heavy (non-hydrogen) atoms. The van der Waals surface area contributed by atoms with Crippen molar-refractivity contribution >= 4 is 60.7 Å². The monoisotopic (exact) mass is 1010 g/mol. The molecule has 0 spiro atoms. The minimum atomic E-state index is -4.73. The molecule has 0 unspecified atom stereocenters. The van der Waals surface area contributed by atoms with Gasteiger partial charge in [-0.15, -0.1) is 0 Å². The lowest BCUT2D eigenvalue weighted by molar-refractivity contribution is -0.137. The summed E-state index contributed by atoms with van der Waals surface area (Å²) in [4.78, 5) is 11.3. The number of fused-ring (bicyclic) bond motifs is 6. The maximum Gasteiger partial charge on any atom is 0.415 e. The van der Waals surface area contributed by atoms with Gasteiger partial charge in [0.1, 0.15) is 11.6 Å². The zero-order chi connectivity index (χ0) is 53.8. The normalized spacial score (nSPS) is 11.2. The van der Waals surface area contributed by atoms with E-state index >= 15 is 0 Å². The zero-order valence-corrected chi connectivity index (χ0v) is 40.8. The van der Waals surface area contributed by atoms with Crippen molar-refractivity contribution in [3.05, 3.63) is 257 Å². The fraction of sp³-hybridized carbons (Fsp3) is 0.0149. The maximum absolute atomic E-state index is 14.3. The molecule has 0 radical (unpaired) electrons. The van der Waals surface area contributed by atoms with Gasteiger partial charge in [0.2, 0.25) is 0 Å². The molecule has 8 nitrogen and oxygen atoms in total. The number of nitriles is 3. The van der Waals surface area contributed by atoms with Crippen molar-refractivity contribution in [1.29, 1.82) is 15.8 Å². The summed E-state index contributed by atoms with van der Waals surface area (Å²) >= 11 is 0. The molecule has 0 aliphatic heterocycles. The first-order chi connectivity index (χ1) is 38.0. The van der Waals surface area contributed by atoms with E-state index in [-0.39, 0.29) is 16.8 Å². The molecule has 362 valence electrons. The van der Waals surface area contributed by atoms with E-state index in [1.807, 2.05) is 143 Å². The van der Waals surface area contributed by atoms with Crippen LogP contribution in [0.5, 0.6) is 0 Å². The molecule has 2 heterocycles. The number of hydrogen-bond acceptors (Lipinski definition) is 3. The van der Waals surface area contributed by atoms with Crippen LogP contribution >= 0.6 is 0 Å². The lowest BCUT2D eigenvalue weighted by Crippen LogP contribution is -2.06. The van der Waals surface area contributed by atoms with Gasteiger partial charge in [-0.25, -0.2) is 14.5 Å². The Hall–Kier alpha value is -11.5. The van der Waals surface area contributed by atoms with E-state index in [0.29, 0.717) is 83.8 Å². The number of nitrogens with zero attached hydrogens (tertiary/aromatic N) is 8. The predicted molar refractivity (Wildman–Crippen MR) is 300 cm³/mol. The molecule has 0 amide bonds. The van der Waals surface area contributed by atoms with Crippen LogP contribution in [0.2, 0.25) is 0 Å². The van der Waals surface area contributed by atoms with Crippen molar-refractivity contribution in [1.82, 2.24) is 9.13 Å². The SMILES string of the molecule is [C-]#[N+]c1ccccc1-c1ccc2c(c1)c1cc(-c3ccccc3C#N)ccc1n2-c1cc(-c2ccc(C(F)(F)F)cc2[N+]#[C-])cc(-n2c3ccc(-c4ccccc4C#N)cc3c3cc(-c4ccccc4[N+]#[C-])ccc32)c1C#N. The van der Waals surface area contributed by atoms with Gasteiger partial charge in [-0.3, -0.25) is 0 Å². The van der Waals surface area contributed by atoms with Crippen LogP contribution in [-0.2, 0) is 6.18 Å². The third-order valence-corrected chi connectivity index (χ3v) is 14.4. The van der Waals surface area contributed by atoms with E-state index in [2.05, 4.69) is 32.7 Å². The third kappa shape index (κ3) is 7.73. The van der Waals surface area contributed by atoms with Gasteiger partial charge in [-0.2, -0.15) is 29.0 Å². The number of para-hydroxylation sites is 2. The summed E-state index contributed by atoms with van der Waals surface area (Å²) in [6, 6.07) is 66.3. The Kier molecular flexibility index (Phi) is 11.4. The van der Waals surface area contributed by atoms with E-state index in [1.54, 1.807) is 48.5 Å². The molecule has 0 bridgehead atoms. The Balaban J connectivity index is 1.22. The lowest BCUT2D eigenvalue weighted by Gasteiger charge is -2.19. The molecule has 0 N–H and O–H groups in total. The molecule has 0 aliphatic carbocycles. The minimum absolute atomic E-state index is 0.190. The first-order valence-electron chi connectivity index (χ1n) is 24.3. The summed E-state index contributed by atoms with van der Waals surface area (Å²) in [7, 11) is 0. The average Bonchev–Trinajstić information content (AvgIpc) is 4.00. The predicted octanol–water partition coefficient (Wildman–Crippen LogP) is 18.5. The standard InChI is InChI=1S/C67H33F3N8/c1-74-58-18-10-8-16-50(58)42-22-28-63-55(32-42)53-30-40(48-14-6-4-12-44(48)37-71)20-26-61(53)77(63)65-34-46(52-25-24-47(67(68,69)70)36-60(52)76-3)35-66(57(65)39-73)78-62-27-21-41(49-15-7-5-13-45(49)38-72)31-54(62)56-33-43(23-29-64(56)78)51-17-9-11-19-59(51)75-2/h4-36H. The highest BCUT2D eigenvalue weighted by atomic mass is 19.4. The lowest BCUT2D eigenvalue weighted by atomic mass is 9.97. The number of alkyl halides is 3. The van der Waals surface area contributed by atoms with Crippen LogP contribution in [0.1, 0.15) is 22.3 Å². The van der Waals surface area contributed by atoms with Crippen LogP contribution in [0.4, 0.5) is 30.2 Å². The number of hydrogen-bond donors (Lipinski definition) is 0. The number of aromatic nitrogens is 2. The van der Waals surface area contributed by atoms with Gasteiger partial charge in [0.15, 0.2) is 17.1 Å². The summed E-state index contributed by atoms with van der Waals surface area (Å²) in [5, 5.41) is 35.2. The van der Waals surface area contributed by atoms with Crippen molar-refractivity contribution in [2.24, 2.45) is 0 Å². The van der Waals surface area contributed by atoms with Crippen molar-refractivity contribution in [3.63, 3.8) is 0 Å². The minimum Gasteiger partial charge on any atom is -0.308 e. The Bertz CT molecular complexity index is 4330. The molecule has 11 heteroatoms. The van der Waals surface area contributed by atoms with Gasteiger partial charge in [-0.1, -0.05) is 121 Å². The van der Waals surface area contributed by atoms with E-state index in [4.69, 9.17) is 19.7 Å². The Labute approximate surface area is 444 Å². The summed E-state index contributed by atoms with van der Waals surface area (Å²) in [5.41, 5.74) is 10.6. The fourth-order valence-electron chi connectivity index (χ4n) is 10.8. The van der Waals surface area contributed by atoms with Crippen LogP contribution in [-0.4, -0.2) is 9.13 Å². The van der Waals surface area contributed by atoms with Crippen LogP contribution in [0.3, 0.4) is 0 Å².